The van der Waals surface area contributed by atoms with Crippen molar-refractivity contribution in [1.29, 1.82) is 0 Å². The zero-order valence-electron chi connectivity index (χ0n) is 9.06. The lowest BCUT2D eigenvalue weighted by Gasteiger charge is -2.08. The van der Waals surface area contributed by atoms with Crippen LogP contribution in [0.15, 0.2) is 12.1 Å². The predicted octanol–water partition coefficient (Wildman–Crippen LogP) is 1.40. The molecule has 1 aromatic carbocycles. The van der Waals surface area contributed by atoms with E-state index in [4.69, 9.17) is 5.11 Å². The molecule has 0 saturated carbocycles. The minimum absolute atomic E-state index is 0.372. The zero-order valence-corrected chi connectivity index (χ0v) is 9.06. The fourth-order valence-electron chi connectivity index (χ4n) is 1.33. The predicted molar refractivity (Wildman–Crippen MR) is 57.5 cm³/mol. The average molecular weight is 256 g/mol. The van der Waals surface area contributed by atoms with E-state index < -0.39 is 38.9 Å². The number of benzene rings is 1. The molecule has 1 unspecified atom stereocenters. The topological polar surface area (TPSA) is 144 Å². The van der Waals surface area contributed by atoms with Crippen LogP contribution in [-0.2, 0) is 4.79 Å². The van der Waals surface area contributed by atoms with Crippen molar-refractivity contribution >= 4 is 17.3 Å². The molecule has 2 N–H and O–H groups in total. The van der Waals surface area contributed by atoms with Crippen LogP contribution in [0, 0.1) is 20.2 Å². The molecule has 9 heteroatoms. The number of aliphatic carboxylic acids is 1. The van der Waals surface area contributed by atoms with Crippen LogP contribution < -0.4 is 0 Å². The smallest absolute Gasteiger partial charge is 0.317 e. The van der Waals surface area contributed by atoms with Crippen LogP contribution in [0.2, 0.25) is 0 Å². The van der Waals surface area contributed by atoms with E-state index in [1.54, 1.807) is 0 Å². The third kappa shape index (κ3) is 2.34. The van der Waals surface area contributed by atoms with E-state index in [0.717, 1.165) is 13.0 Å². The summed E-state index contributed by atoms with van der Waals surface area (Å²) in [6.07, 6.45) is 0. The molecule has 0 spiro atoms. The Morgan fingerprint density at radius 1 is 1.28 bits per heavy atom. The van der Waals surface area contributed by atoms with E-state index in [9.17, 15) is 30.1 Å². The summed E-state index contributed by atoms with van der Waals surface area (Å²) >= 11 is 0. The normalized spacial score (nSPS) is 11.8. The number of aromatic hydroxyl groups is 1. The van der Waals surface area contributed by atoms with Gasteiger partial charge in [0.15, 0.2) is 5.75 Å². The molecule has 9 nitrogen and oxygen atoms in total. The van der Waals surface area contributed by atoms with Crippen molar-refractivity contribution in [3.05, 3.63) is 37.9 Å². The Balaban J connectivity index is 3.54. The molecular formula is C9H8N2O7. The van der Waals surface area contributed by atoms with Crippen LogP contribution in [0.25, 0.3) is 0 Å². The lowest BCUT2D eigenvalue weighted by atomic mass is 9.99. The van der Waals surface area contributed by atoms with Gasteiger partial charge in [-0.1, -0.05) is 0 Å². The molecule has 0 aliphatic heterocycles. The number of non-ortho nitro benzene ring substituents is 1. The van der Waals surface area contributed by atoms with E-state index in [1.165, 1.54) is 0 Å². The molecule has 0 amide bonds. The number of hydrogen-bond donors (Lipinski definition) is 2. The van der Waals surface area contributed by atoms with Crippen molar-refractivity contribution < 1.29 is 24.9 Å². The highest BCUT2D eigenvalue weighted by molar-refractivity contribution is 5.78. The fraction of sp³-hybridized carbons (Fsp3) is 0.222. The van der Waals surface area contributed by atoms with Gasteiger partial charge in [-0.05, 0) is 6.92 Å². The van der Waals surface area contributed by atoms with Crippen molar-refractivity contribution in [1.82, 2.24) is 0 Å². The van der Waals surface area contributed by atoms with Gasteiger partial charge in [-0.2, -0.15) is 0 Å². The summed E-state index contributed by atoms with van der Waals surface area (Å²) in [5.74, 6) is -3.54. The molecule has 1 rings (SSSR count). The number of phenols is 1. The molecule has 0 heterocycles. The molecular weight excluding hydrogens is 248 g/mol. The number of carboxylic acid groups (broad SMARTS) is 1. The van der Waals surface area contributed by atoms with Crippen molar-refractivity contribution in [3.63, 3.8) is 0 Å². The van der Waals surface area contributed by atoms with E-state index >= 15 is 0 Å². The Hall–Kier alpha value is -2.71. The first-order valence-electron chi connectivity index (χ1n) is 4.64. The minimum Gasteiger partial charge on any atom is -0.502 e. The summed E-state index contributed by atoms with van der Waals surface area (Å²) in [7, 11) is 0. The average Bonchev–Trinajstić information content (AvgIpc) is 2.27. The first kappa shape index (κ1) is 13.4. The van der Waals surface area contributed by atoms with Crippen LogP contribution in [0.5, 0.6) is 5.75 Å². The van der Waals surface area contributed by atoms with Crippen LogP contribution in [0.3, 0.4) is 0 Å². The number of nitro groups is 2. The van der Waals surface area contributed by atoms with Gasteiger partial charge in [0.1, 0.15) is 0 Å². The summed E-state index contributed by atoms with van der Waals surface area (Å²) in [6, 6.07) is 1.38. The fourth-order valence-corrected chi connectivity index (χ4v) is 1.33. The van der Waals surface area contributed by atoms with Gasteiger partial charge in [-0.3, -0.25) is 25.0 Å². The number of phenolic OH excluding ortho intramolecular Hbond substituents is 1. The van der Waals surface area contributed by atoms with Crippen molar-refractivity contribution in [2.75, 3.05) is 0 Å². The molecule has 0 aliphatic carbocycles. The second-order valence-electron chi connectivity index (χ2n) is 3.48. The molecule has 0 saturated heterocycles. The standard InChI is InChI=1S/C9H8N2O7/c1-4(9(13)14)6-2-5(10(15)16)3-7(8(6)12)11(17)18/h2-4,12H,1H3,(H,13,14). The van der Waals surface area contributed by atoms with Gasteiger partial charge < -0.3 is 10.2 Å². The van der Waals surface area contributed by atoms with Gasteiger partial charge in [-0.15, -0.1) is 0 Å². The molecule has 0 radical (unpaired) electrons. The highest BCUT2D eigenvalue weighted by Gasteiger charge is 2.28. The summed E-state index contributed by atoms with van der Waals surface area (Å²) in [4.78, 5) is 30.1. The van der Waals surface area contributed by atoms with Gasteiger partial charge in [0.25, 0.3) is 5.69 Å². The quantitative estimate of drug-likeness (QED) is 0.611. The highest BCUT2D eigenvalue weighted by atomic mass is 16.6. The van der Waals surface area contributed by atoms with Crippen molar-refractivity contribution in [2.45, 2.75) is 12.8 Å². The summed E-state index contributed by atoms with van der Waals surface area (Å²) in [6.45, 7) is 1.16. The number of carboxylic acids is 1. The van der Waals surface area contributed by atoms with Gasteiger partial charge in [0, 0.05) is 11.6 Å². The maximum absolute atomic E-state index is 10.8. The summed E-state index contributed by atoms with van der Waals surface area (Å²) in [5, 5.41) is 39.5. The minimum atomic E-state index is -1.36. The molecule has 0 bridgehead atoms. The Morgan fingerprint density at radius 3 is 2.22 bits per heavy atom. The summed E-state index contributed by atoms with van der Waals surface area (Å²) in [5.41, 5.74) is -1.92. The molecule has 1 atom stereocenters. The van der Waals surface area contributed by atoms with E-state index in [2.05, 4.69) is 0 Å². The second kappa shape index (κ2) is 4.65. The van der Waals surface area contributed by atoms with E-state index in [1.807, 2.05) is 0 Å². The van der Waals surface area contributed by atoms with E-state index in [-0.39, 0.29) is 5.56 Å². The molecule has 18 heavy (non-hydrogen) atoms. The first-order valence-corrected chi connectivity index (χ1v) is 4.64. The lowest BCUT2D eigenvalue weighted by Crippen LogP contribution is -2.09. The van der Waals surface area contributed by atoms with Crippen LogP contribution in [-0.4, -0.2) is 26.0 Å². The third-order valence-electron chi connectivity index (χ3n) is 2.35. The number of carbonyl (C=O) groups is 1. The number of rotatable bonds is 4. The Labute approximate surface area is 99.6 Å². The molecule has 96 valence electrons. The Bertz CT molecular complexity index is 540. The monoisotopic (exact) mass is 256 g/mol. The van der Waals surface area contributed by atoms with Gasteiger partial charge >= 0.3 is 11.7 Å². The lowest BCUT2D eigenvalue weighted by molar-refractivity contribution is -0.394. The number of nitrogens with zero attached hydrogens (tertiary/aromatic N) is 2. The van der Waals surface area contributed by atoms with Crippen molar-refractivity contribution in [2.24, 2.45) is 0 Å². The molecule has 1 aromatic rings. The third-order valence-corrected chi connectivity index (χ3v) is 2.35. The maximum Gasteiger partial charge on any atom is 0.317 e. The van der Waals surface area contributed by atoms with Gasteiger partial charge in [0.05, 0.1) is 21.8 Å². The van der Waals surface area contributed by atoms with Crippen molar-refractivity contribution in [3.8, 4) is 5.75 Å². The second-order valence-corrected chi connectivity index (χ2v) is 3.48. The Kier molecular flexibility index (Phi) is 3.45. The summed E-state index contributed by atoms with van der Waals surface area (Å²) < 4.78 is 0. The zero-order chi connectivity index (χ0) is 14.0. The largest absolute Gasteiger partial charge is 0.502 e. The van der Waals surface area contributed by atoms with Crippen LogP contribution >= 0.6 is 0 Å². The van der Waals surface area contributed by atoms with Gasteiger partial charge in [0.2, 0.25) is 0 Å². The van der Waals surface area contributed by atoms with E-state index in [0.29, 0.717) is 6.07 Å². The number of hydrogen-bond acceptors (Lipinski definition) is 6. The highest BCUT2D eigenvalue weighted by Crippen LogP contribution is 2.38. The molecule has 0 aliphatic rings. The first-order chi connectivity index (χ1) is 8.25. The maximum atomic E-state index is 10.8. The SMILES string of the molecule is CC(C(=O)O)c1cc([N+](=O)[O-])cc([N+](=O)[O-])c1O. The Morgan fingerprint density at radius 2 is 1.83 bits per heavy atom. The van der Waals surface area contributed by atoms with Gasteiger partial charge in [-0.25, -0.2) is 0 Å². The van der Waals surface area contributed by atoms with Crippen LogP contribution in [0.4, 0.5) is 11.4 Å². The van der Waals surface area contributed by atoms with Crippen LogP contribution in [0.1, 0.15) is 18.4 Å². The number of nitro benzene ring substituents is 2. The molecule has 0 aromatic heterocycles. The molecule has 0 fully saturated rings.